The Labute approximate surface area is 194 Å². The molecule has 168 valence electrons. The number of nitrogens with one attached hydrogen (secondary N) is 1. The molecule has 1 aliphatic rings. The molecule has 0 bridgehead atoms. The molecule has 0 aliphatic carbocycles. The summed E-state index contributed by atoms with van der Waals surface area (Å²) in [6.07, 6.45) is 0. The molecule has 1 N–H and O–H groups in total. The fourth-order valence-corrected chi connectivity index (χ4v) is 4.63. The number of ether oxygens (including phenoxy) is 2. The van der Waals surface area contributed by atoms with Gasteiger partial charge in [0.25, 0.3) is 5.56 Å². The Morgan fingerprint density at radius 2 is 1.91 bits per heavy atom. The van der Waals surface area contributed by atoms with Gasteiger partial charge in [-0.25, -0.2) is 9.18 Å². The van der Waals surface area contributed by atoms with Crippen LogP contribution in [0.2, 0.25) is 5.02 Å². The summed E-state index contributed by atoms with van der Waals surface area (Å²) >= 11 is 7.16. The third-order valence-electron chi connectivity index (χ3n) is 5.12. The van der Waals surface area contributed by atoms with Gasteiger partial charge < -0.3 is 14.8 Å². The van der Waals surface area contributed by atoms with Crippen molar-refractivity contribution in [3.05, 3.63) is 85.1 Å². The molecule has 8 nitrogen and oxygen atoms in total. The number of hydrogen-bond acceptors (Lipinski definition) is 6. The van der Waals surface area contributed by atoms with E-state index in [9.17, 15) is 18.8 Å². The number of fused-ring (bicyclic) bond motifs is 2. The molecular weight excluding hydrogens is 473 g/mol. The van der Waals surface area contributed by atoms with Gasteiger partial charge >= 0.3 is 5.69 Å². The van der Waals surface area contributed by atoms with Gasteiger partial charge in [-0.3, -0.25) is 18.7 Å². The van der Waals surface area contributed by atoms with Crippen LogP contribution in [0.3, 0.4) is 0 Å². The van der Waals surface area contributed by atoms with Crippen LogP contribution in [-0.2, 0) is 17.9 Å². The SMILES string of the molecule is O=C(Cn1c(=O)n(Cc2ccc3c(c2)OCO3)c(=O)c2sccc21)Nc1ccc(F)cc1Cl. The van der Waals surface area contributed by atoms with Crippen LogP contribution in [0.5, 0.6) is 11.5 Å². The molecule has 1 aliphatic heterocycles. The van der Waals surface area contributed by atoms with Gasteiger partial charge in [-0.1, -0.05) is 17.7 Å². The minimum absolute atomic E-state index is 0.00639. The van der Waals surface area contributed by atoms with Crippen LogP contribution in [-0.4, -0.2) is 21.8 Å². The number of carbonyl (C=O) groups is 1. The maximum Gasteiger partial charge on any atom is 0.332 e. The lowest BCUT2D eigenvalue weighted by atomic mass is 10.2. The van der Waals surface area contributed by atoms with Crippen LogP contribution < -0.4 is 26.0 Å². The van der Waals surface area contributed by atoms with E-state index in [2.05, 4.69) is 5.32 Å². The highest BCUT2D eigenvalue weighted by molar-refractivity contribution is 7.17. The Hall–Kier alpha value is -3.63. The van der Waals surface area contributed by atoms with Gasteiger partial charge in [-0.15, -0.1) is 11.3 Å². The average molecular weight is 488 g/mol. The lowest BCUT2D eigenvalue weighted by molar-refractivity contribution is -0.116. The summed E-state index contributed by atoms with van der Waals surface area (Å²) in [5.41, 5.74) is 0.164. The average Bonchev–Trinajstić information content (AvgIpc) is 3.45. The minimum Gasteiger partial charge on any atom is -0.454 e. The topological polar surface area (TPSA) is 91.6 Å². The maximum absolute atomic E-state index is 13.3. The van der Waals surface area contributed by atoms with Crippen molar-refractivity contribution < 1.29 is 18.7 Å². The molecule has 3 heterocycles. The van der Waals surface area contributed by atoms with Crippen LogP contribution in [0.25, 0.3) is 10.2 Å². The molecule has 33 heavy (non-hydrogen) atoms. The Kier molecular flexibility index (Phi) is 5.39. The molecule has 4 aromatic rings. The minimum atomic E-state index is -0.635. The first-order valence-electron chi connectivity index (χ1n) is 9.75. The Balaban J connectivity index is 1.50. The molecular formula is C22H15ClFN3O5S. The Bertz CT molecular complexity index is 1530. The molecule has 11 heteroatoms. The van der Waals surface area contributed by atoms with E-state index in [0.717, 1.165) is 16.7 Å². The fourth-order valence-electron chi connectivity index (χ4n) is 3.57. The number of thiophene rings is 1. The molecule has 0 saturated carbocycles. The normalized spacial score (nSPS) is 12.3. The molecule has 0 spiro atoms. The van der Waals surface area contributed by atoms with Crippen LogP contribution >= 0.6 is 22.9 Å². The first kappa shape index (κ1) is 21.2. The Morgan fingerprint density at radius 1 is 1.09 bits per heavy atom. The van der Waals surface area contributed by atoms with Gasteiger partial charge in [0.2, 0.25) is 12.7 Å². The number of aromatic nitrogens is 2. The number of benzene rings is 2. The van der Waals surface area contributed by atoms with E-state index in [4.69, 9.17) is 21.1 Å². The molecule has 2 aromatic heterocycles. The van der Waals surface area contributed by atoms with Crippen LogP contribution in [0.15, 0.2) is 57.4 Å². The van der Waals surface area contributed by atoms with Crippen molar-refractivity contribution in [1.82, 2.24) is 9.13 Å². The lowest BCUT2D eigenvalue weighted by Gasteiger charge is -2.13. The van der Waals surface area contributed by atoms with E-state index in [0.29, 0.717) is 27.3 Å². The number of amides is 1. The van der Waals surface area contributed by atoms with Gasteiger partial charge in [0.1, 0.15) is 17.1 Å². The van der Waals surface area contributed by atoms with E-state index in [-0.39, 0.29) is 30.6 Å². The number of rotatable bonds is 5. The number of anilines is 1. The third kappa shape index (κ3) is 3.98. The van der Waals surface area contributed by atoms with Crippen molar-refractivity contribution >= 4 is 44.7 Å². The highest BCUT2D eigenvalue weighted by atomic mass is 35.5. The maximum atomic E-state index is 13.3. The summed E-state index contributed by atoms with van der Waals surface area (Å²) in [4.78, 5) is 38.9. The quantitative estimate of drug-likeness (QED) is 0.465. The molecule has 0 unspecified atom stereocenters. The predicted octanol–water partition coefficient (Wildman–Crippen LogP) is 3.43. The zero-order chi connectivity index (χ0) is 23.1. The summed E-state index contributed by atoms with van der Waals surface area (Å²) in [5.74, 6) is 0.0400. The molecule has 0 saturated heterocycles. The first-order valence-corrected chi connectivity index (χ1v) is 11.0. The van der Waals surface area contributed by atoms with Crippen molar-refractivity contribution in [2.24, 2.45) is 0 Å². The van der Waals surface area contributed by atoms with Crippen LogP contribution in [0.4, 0.5) is 10.1 Å². The highest BCUT2D eigenvalue weighted by Gasteiger charge is 2.19. The molecule has 2 aromatic carbocycles. The second-order valence-electron chi connectivity index (χ2n) is 7.25. The second-order valence-corrected chi connectivity index (χ2v) is 8.58. The van der Waals surface area contributed by atoms with E-state index < -0.39 is 23.0 Å². The van der Waals surface area contributed by atoms with E-state index in [1.165, 1.54) is 22.0 Å². The predicted molar refractivity (Wildman–Crippen MR) is 122 cm³/mol. The zero-order valence-electron chi connectivity index (χ0n) is 16.8. The summed E-state index contributed by atoms with van der Waals surface area (Å²) in [6.45, 7) is -0.255. The standard InChI is InChI=1S/C22H15ClFN3O5S/c23-14-8-13(24)2-3-15(14)25-19(28)10-26-16-5-6-33-20(16)21(29)27(22(26)30)9-12-1-4-17-18(7-12)32-11-31-17/h1-8H,9-11H2,(H,25,28). The summed E-state index contributed by atoms with van der Waals surface area (Å²) in [6, 6.07) is 10.4. The Morgan fingerprint density at radius 3 is 2.73 bits per heavy atom. The monoisotopic (exact) mass is 487 g/mol. The molecule has 1 amide bonds. The van der Waals surface area contributed by atoms with Crippen LogP contribution in [0, 0.1) is 5.82 Å². The van der Waals surface area contributed by atoms with Crippen molar-refractivity contribution in [3.8, 4) is 11.5 Å². The largest absolute Gasteiger partial charge is 0.454 e. The van der Waals surface area contributed by atoms with Crippen molar-refractivity contribution in [3.63, 3.8) is 0 Å². The number of nitrogens with zero attached hydrogens (tertiary/aromatic N) is 2. The zero-order valence-corrected chi connectivity index (χ0v) is 18.4. The summed E-state index contributed by atoms with van der Waals surface area (Å²) in [5, 5.41) is 4.28. The van der Waals surface area contributed by atoms with E-state index >= 15 is 0 Å². The molecule has 0 fully saturated rings. The second kappa shape index (κ2) is 8.38. The first-order chi connectivity index (χ1) is 15.9. The van der Waals surface area contributed by atoms with Gasteiger partial charge in [0, 0.05) is 0 Å². The highest BCUT2D eigenvalue weighted by Crippen LogP contribution is 2.32. The van der Waals surface area contributed by atoms with E-state index in [1.54, 1.807) is 29.6 Å². The number of halogens is 2. The molecule has 0 atom stereocenters. The van der Waals surface area contributed by atoms with Gasteiger partial charge in [0.15, 0.2) is 11.5 Å². The van der Waals surface area contributed by atoms with E-state index in [1.807, 2.05) is 0 Å². The van der Waals surface area contributed by atoms with Crippen molar-refractivity contribution in [1.29, 1.82) is 0 Å². The van der Waals surface area contributed by atoms with Crippen molar-refractivity contribution in [2.75, 3.05) is 12.1 Å². The van der Waals surface area contributed by atoms with Gasteiger partial charge in [-0.2, -0.15) is 0 Å². The fraction of sp³-hybridized carbons (Fsp3) is 0.136. The molecule has 5 rings (SSSR count). The van der Waals surface area contributed by atoms with Gasteiger partial charge in [-0.05, 0) is 47.3 Å². The lowest BCUT2D eigenvalue weighted by Crippen LogP contribution is -2.41. The van der Waals surface area contributed by atoms with Crippen LogP contribution in [0.1, 0.15) is 5.56 Å². The number of carbonyl (C=O) groups excluding carboxylic acids is 1. The van der Waals surface area contributed by atoms with Crippen molar-refractivity contribution in [2.45, 2.75) is 13.1 Å². The number of hydrogen-bond donors (Lipinski definition) is 1. The summed E-state index contributed by atoms with van der Waals surface area (Å²) in [7, 11) is 0. The third-order valence-corrected chi connectivity index (χ3v) is 6.33. The van der Waals surface area contributed by atoms with Gasteiger partial charge in [0.05, 0.1) is 22.8 Å². The summed E-state index contributed by atoms with van der Waals surface area (Å²) < 4.78 is 26.6. The molecule has 0 radical (unpaired) electrons. The smallest absolute Gasteiger partial charge is 0.332 e.